The molecule has 1 aliphatic carbocycles. The average Bonchev–Trinajstić information content (AvgIpc) is 3.87. The van der Waals surface area contributed by atoms with E-state index in [9.17, 15) is 43.5 Å². The fraction of sp³-hybridized carbons (Fsp3) is 0.667. The molecular weight excluding hydrogens is 837 g/mol. The third-order valence-electron chi connectivity index (χ3n) is 13.5. The lowest BCUT2D eigenvalue weighted by atomic mass is 9.73. The first-order valence-corrected chi connectivity index (χ1v) is 23.1. The molecule has 65 heavy (non-hydrogen) atoms. The number of likely N-dealkylation sites (N-methyl/N-ethyl adjacent to an activating group) is 1. The maximum absolute atomic E-state index is 14.4. The number of imide groups is 1. The van der Waals surface area contributed by atoms with Crippen molar-refractivity contribution in [1.29, 1.82) is 0 Å². The van der Waals surface area contributed by atoms with Crippen LogP contribution in [0, 0.1) is 17.8 Å². The summed E-state index contributed by atoms with van der Waals surface area (Å²) in [7, 11) is 4.62. The summed E-state index contributed by atoms with van der Waals surface area (Å²) in [5.41, 5.74) is 0.595. The van der Waals surface area contributed by atoms with Crippen molar-refractivity contribution in [2.75, 3.05) is 34.4 Å². The van der Waals surface area contributed by atoms with Gasteiger partial charge in [0, 0.05) is 58.8 Å². The normalized spacial score (nSPS) is 20.2. The molecule has 1 fully saturated rings. The number of likely N-dealkylation sites (tertiary alicyclic amines) is 1. The topological polar surface area (TPSA) is 221 Å². The number of nitrogens with one attached hydrogen (secondary N) is 3. The van der Waals surface area contributed by atoms with Crippen LogP contribution < -0.4 is 16.0 Å². The molecule has 1 aromatic carbocycles. The number of aliphatic carboxylic acids is 1. The highest BCUT2D eigenvalue weighted by Crippen LogP contribution is 2.38. The molecule has 17 heteroatoms. The summed E-state index contributed by atoms with van der Waals surface area (Å²) < 4.78 is 11.9. The third-order valence-corrected chi connectivity index (χ3v) is 13.5. The molecule has 3 aliphatic rings. The van der Waals surface area contributed by atoms with Gasteiger partial charge < -0.3 is 40.3 Å². The van der Waals surface area contributed by atoms with E-state index < -0.39 is 65.6 Å². The number of hydrogen-bond donors (Lipinski definition) is 4. The summed E-state index contributed by atoms with van der Waals surface area (Å²) in [5, 5.41) is 18.5. The lowest BCUT2D eigenvalue weighted by Crippen LogP contribution is -2.62. The molecule has 4 N–H and O–H groups in total. The molecule has 0 aromatic heterocycles. The molecule has 1 saturated heterocycles. The molecule has 0 spiro atoms. The van der Waals surface area contributed by atoms with Crippen LogP contribution in [0.1, 0.15) is 117 Å². The zero-order valence-corrected chi connectivity index (χ0v) is 39.9. The molecule has 7 amide bonds. The fourth-order valence-electron chi connectivity index (χ4n) is 9.43. The van der Waals surface area contributed by atoms with Crippen LogP contribution >= 0.6 is 0 Å². The number of rotatable bonds is 25. The second kappa shape index (κ2) is 23.3. The maximum atomic E-state index is 14.4. The molecule has 0 unspecified atom stereocenters. The van der Waals surface area contributed by atoms with Crippen LogP contribution in [0.2, 0.25) is 0 Å². The summed E-state index contributed by atoms with van der Waals surface area (Å²) in [6.45, 7) is 13.1. The van der Waals surface area contributed by atoms with E-state index in [2.05, 4.69) is 16.0 Å². The molecule has 2 heterocycles. The van der Waals surface area contributed by atoms with Crippen LogP contribution in [0.3, 0.4) is 0 Å². The molecule has 1 aromatic rings. The van der Waals surface area contributed by atoms with Gasteiger partial charge in [-0.15, -0.1) is 0 Å². The molecule has 0 radical (unpaired) electrons. The number of unbranched alkanes of at least 4 members (excludes halogenated alkanes) is 2. The summed E-state index contributed by atoms with van der Waals surface area (Å²) in [6.07, 6.45) is 5.09. The average molecular weight is 909 g/mol. The number of ether oxygens (including phenoxy) is 2. The van der Waals surface area contributed by atoms with Gasteiger partial charge in [0.15, 0.2) is 0 Å². The number of methoxy groups -OCH3 is 2. The lowest BCUT2D eigenvalue weighted by Gasteiger charge is -2.41. The largest absolute Gasteiger partial charge is 0.480 e. The van der Waals surface area contributed by atoms with Gasteiger partial charge in [-0.2, -0.15) is 0 Å². The molecular formula is C48H72N6O11. The number of nitrogens with zero attached hydrogens (tertiary/aromatic N) is 3. The van der Waals surface area contributed by atoms with Crippen LogP contribution in [0.5, 0.6) is 0 Å². The van der Waals surface area contributed by atoms with Crippen LogP contribution in [0.25, 0.3) is 0 Å². The van der Waals surface area contributed by atoms with Crippen molar-refractivity contribution >= 4 is 47.3 Å². The Morgan fingerprint density at radius 1 is 0.938 bits per heavy atom. The Morgan fingerprint density at radius 2 is 1.60 bits per heavy atom. The van der Waals surface area contributed by atoms with Crippen molar-refractivity contribution in [2.24, 2.45) is 17.8 Å². The predicted octanol–water partition coefficient (Wildman–Crippen LogP) is 3.34. The van der Waals surface area contributed by atoms with E-state index >= 15 is 0 Å². The number of hydrogen-bond acceptors (Lipinski definition) is 10. The second-order valence-electron chi connectivity index (χ2n) is 18.8. The molecule has 9 atom stereocenters. The zero-order valence-electron chi connectivity index (χ0n) is 39.9. The van der Waals surface area contributed by atoms with E-state index in [4.69, 9.17) is 9.47 Å². The quantitative estimate of drug-likeness (QED) is 0.0824. The first-order valence-electron chi connectivity index (χ1n) is 23.1. The van der Waals surface area contributed by atoms with Crippen molar-refractivity contribution in [2.45, 2.75) is 154 Å². The van der Waals surface area contributed by atoms with Gasteiger partial charge in [-0.3, -0.25) is 38.5 Å². The van der Waals surface area contributed by atoms with E-state index in [1.165, 1.54) is 26.4 Å². The Labute approximate surface area is 383 Å². The highest BCUT2D eigenvalue weighted by molar-refractivity contribution is 6.12. The summed E-state index contributed by atoms with van der Waals surface area (Å²) in [5.74, 6) is -5.45. The van der Waals surface area contributed by atoms with Crippen molar-refractivity contribution < 1.29 is 52.9 Å². The molecule has 0 saturated carbocycles. The van der Waals surface area contributed by atoms with E-state index in [1.807, 2.05) is 52.0 Å². The molecule has 17 nitrogen and oxygen atoms in total. The third kappa shape index (κ3) is 12.8. The molecule has 4 rings (SSSR count). The Balaban J connectivity index is 1.38. The first-order chi connectivity index (χ1) is 30.7. The van der Waals surface area contributed by atoms with E-state index in [1.54, 1.807) is 37.6 Å². The minimum Gasteiger partial charge on any atom is -0.480 e. The van der Waals surface area contributed by atoms with E-state index in [0.29, 0.717) is 51.5 Å². The number of carboxylic acids is 1. The van der Waals surface area contributed by atoms with Gasteiger partial charge >= 0.3 is 5.97 Å². The van der Waals surface area contributed by atoms with Gasteiger partial charge in [0.25, 0.3) is 11.8 Å². The second-order valence-corrected chi connectivity index (χ2v) is 18.8. The minimum atomic E-state index is -1.37. The van der Waals surface area contributed by atoms with Crippen LogP contribution in [0.4, 0.5) is 0 Å². The Hall–Kier alpha value is -5.16. The monoisotopic (exact) mass is 909 g/mol. The number of fused-ring (bicyclic) bond motifs is 1. The Bertz CT molecular complexity index is 1920. The standard InChI is InChI=1S/C48H72N6O11/c1-11-29(4)42(52(8)45(60)40(28(2)3)50-47(63)48(6,7)51-36(55)21-13-12-16-24-54-37(56)22-23-38(54)57)35(64-9)27-39(58)53-25-17-20-34(53)43(65-10)30(5)44(59)49-41(46(61)62)33-26-31-18-14-15-19-32(31)33/h14-15,18-19,22-23,28-30,33-35,40-43H,11-13,16-17,20-21,24-27H2,1-10H3,(H,49,59)(H,50,63)(H,51,55)(H,61,62)/t29-,30+,33-,34-,35+,40-,41+,42-,43+/m0/s1. The highest BCUT2D eigenvalue weighted by Gasteiger charge is 2.45. The van der Waals surface area contributed by atoms with E-state index in [-0.39, 0.29) is 66.7 Å². The van der Waals surface area contributed by atoms with Crippen molar-refractivity contribution in [3.8, 4) is 0 Å². The van der Waals surface area contributed by atoms with Gasteiger partial charge in [-0.1, -0.05) is 71.7 Å². The van der Waals surface area contributed by atoms with Crippen LogP contribution in [0.15, 0.2) is 36.4 Å². The summed E-state index contributed by atoms with van der Waals surface area (Å²) in [4.78, 5) is 109. The SMILES string of the molecule is CC[C@H](C)[C@@H]([C@@H](CC(=O)N1CCC[C@H]1[C@H](OC)[C@@H](C)C(=O)N[C@@H](C(=O)O)[C@H]1Cc2ccccc21)OC)N(C)C(=O)[C@@H](NC(=O)C(C)(C)NC(=O)CCCCCN1C(=O)C=CC1=O)C(C)C. The predicted molar refractivity (Wildman–Crippen MR) is 242 cm³/mol. The molecule has 2 aliphatic heterocycles. The maximum Gasteiger partial charge on any atom is 0.326 e. The lowest BCUT2D eigenvalue weighted by molar-refractivity contribution is -0.148. The number of carboxylic acid groups (broad SMARTS) is 1. The fourth-order valence-corrected chi connectivity index (χ4v) is 9.43. The first kappa shape index (κ1) is 52.5. The van der Waals surface area contributed by atoms with Crippen LogP contribution in [-0.4, -0.2) is 143 Å². The van der Waals surface area contributed by atoms with Gasteiger partial charge in [0.2, 0.25) is 29.5 Å². The number of carbonyl (C=O) groups excluding carboxylic acids is 7. The van der Waals surface area contributed by atoms with Crippen molar-refractivity contribution in [1.82, 2.24) is 30.7 Å². The Morgan fingerprint density at radius 3 is 2.18 bits per heavy atom. The van der Waals surface area contributed by atoms with Gasteiger partial charge in [0.05, 0.1) is 36.6 Å². The van der Waals surface area contributed by atoms with E-state index in [0.717, 1.165) is 16.0 Å². The van der Waals surface area contributed by atoms with Crippen molar-refractivity contribution in [3.05, 3.63) is 47.5 Å². The smallest absolute Gasteiger partial charge is 0.326 e. The molecule has 360 valence electrons. The van der Waals surface area contributed by atoms with Crippen molar-refractivity contribution in [3.63, 3.8) is 0 Å². The minimum absolute atomic E-state index is 0.0811. The van der Waals surface area contributed by atoms with Gasteiger partial charge in [-0.05, 0) is 68.9 Å². The van der Waals surface area contributed by atoms with Gasteiger partial charge in [0.1, 0.15) is 17.6 Å². The highest BCUT2D eigenvalue weighted by atomic mass is 16.5. The number of benzene rings is 1. The Kier molecular flexibility index (Phi) is 18.8. The zero-order chi connectivity index (χ0) is 48.3. The summed E-state index contributed by atoms with van der Waals surface area (Å²) in [6, 6.07) is 4.43. The molecule has 0 bridgehead atoms. The number of carbonyl (C=O) groups is 8. The van der Waals surface area contributed by atoms with Gasteiger partial charge in [-0.25, -0.2) is 4.79 Å². The van der Waals surface area contributed by atoms with Crippen LogP contribution in [-0.2, 0) is 54.3 Å². The summed E-state index contributed by atoms with van der Waals surface area (Å²) >= 11 is 0. The number of amides is 7.